The molecule has 0 bridgehead atoms. The zero-order valence-electron chi connectivity index (χ0n) is 13.0. The van der Waals surface area contributed by atoms with Gasteiger partial charge < -0.3 is 54.7 Å². The van der Waals surface area contributed by atoms with Gasteiger partial charge in [0.25, 0.3) is 0 Å². The van der Waals surface area contributed by atoms with E-state index in [4.69, 9.17) is 29.2 Å². The van der Waals surface area contributed by atoms with Gasteiger partial charge in [0.1, 0.15) is 48.8 Å². The summed E-state index contributed by atoms with van der Waals surface area (Å²) in [5.41, 5.74) is 0. The SMILES string of the molecule is CO[C@H]1O[C@H](CO)[C@@H](O)[C@@H](O)[C@@H]1O[C@H]1[C@H](O)[C@@H](CO)OC(O)[C@@H]1O. The summed E-state index contributed by atoms with van der Waals surface area (Å²) in [6.45, 7) is -1.21. The van der Waals surface area contributed by atoms with Gasteiger partial charge in [-0.2, -0.15) is 0 Å². The molecule has 1 unspecified atom stereocenters. The van der Waals surface area contributed by atoms with E-state index in [1.165, 1.54) is 7.11 Å². The van der Waals surface area contributed by atoms with E-state index in [1.807, 2.05) is 0 Å². The Morgan fingerprint density at radius 2 is 1.33 bits per heavy atom. The van der Waals surface area contributed by atoms with E-state index in [9.17, 15) is 25.5 Å². The maximum absolute atomic E-state index is 10.2. The Labute approximate surface area is 137 Å². The molecule has 2 heterocycles. The van der Waals surface area contributed by atoms with Crippen LogP contribution >= 0.6 is 0 Å². The van der Waals surface area contributed by atoms with Gasteiger partial charge in [0, 0.05) is 7.11 Å². The fraction of sp³-hybridized carbons (Fsp3) is 1.00. The van der Waals surface area contributed by atoms with Crippen molar-refractivity contribution < 1.29 is 54.7 Å². The molecule has 0 aliphatic carbocycles. The first-order valence-electron chi connectivity index (χ1n) is 7.46. The van der Waals surface area contributed by atoms with E-state index in [-0.39, 0.29) is 0 Å². The molecule has 0 spiro atoms. The van der Waals surface area contributed by atoms with Gasteiger partial charge in [-0.25, -0.2) is 0 Å². The predicted octanol–water partition coefficient (Wildman–Crippen LogP) is -4.74. The Morgan fingerprint density at radius 1 is 0.750 bits per heavy atom. The molecule has 0 amide bonds. The van der Waals surface area contributed by atoms with Crippen LogP contribution in [0.2, 0.25) is 0 Å². The molecule has 2 aliphatic rings. The summed E-state index contributed by atoms with van der Waals surface area (Å²) in [4.78, 5) is 0. The lowest BCUT2D eigenvalue weighted by Crippen LogP contribution is -2.65. The summed E-state index contributed by atoms with van der Waals surface area (Å²) in [7, 11) is 1.24. The molecule has 11 heteroatoms. The van der Waals surface area contributed by atoms with E-state index in [0.717, 1.165) is 0 Å². The van der Waals surface area contributed by atoms with Crippen molar-refractivity contribution in [1.82, 2.24) is 0 Å². The molecule has 11 nitrogen and oxygen atoms in total. The maximum Gasteiger partial charge on any atom is 0.186 e. The molecule has 2 fully saturated rings. The highest BCUT2D eigenvalue weighted by molar-refractivity contribution is 4.95. The molecule has 7 N–H and O–H groups in total. The van der Waals surface area contributed by atoms with Crippen LogP contribution in [0, 0.1) is 0 Å². The average molecular weight is 356 g/mol. The summed E-state index contributed by atoms with van der Waals surface area (Å²) >= 11 is 0. The van der Waals surface area contributed by atoms with Crippen molar-refractivity contribution in [2.75, 3.05) is 20.3 Å². The molecule has 0 aromatic rings. The number of methoxy groups -OCH3 is 1. The van der Waals surface area contributed by atoms with Crippen LogP contribution in [0.1, 0.15) is 0 Å². The molecule has 0 saturated carbocycles. The summed E-state index contributed by atoms with van der Waals surface area (Å²) in [6, 6.07) is 0. The standard InChI is InChI=1S/C13H24O11/c1-21-13-11(8(18)6(16)4(2-14)23-13)24-10-7(17)5(3-15)22-12(20)9(10)19/h4-20H,2-3H2,1H3/t4-,5-,6-,7-,8-,9-,10+,11+,12?,13+/m1/s1. The summed E-state index contributed by atoms with van der Waals surface area (Å²) in [6.07, 6.45) is -14.3. The smallest absolute Gasteiger partial charge is 0.186 e. The van der Waals surface area contributed by atoms with Crippen LogP contribution in [0.25, 0.3) is 0 Å². The molecule has 0 aromatic heterocycles. The average Bonchev–Trinajstić information content (AvgIpc) is 2.58. The van der Waals surface area contributed by atoms with E-state index in [0.29, 0.717) is 0 Å². The second kappa shape index (κ2) is 8.29. The first kappa shape index (κ1) is 19.9. The minimum Gasteiger partial charge on any atom is -0.394 e. The fourth-order valence-corrected chi connectivity index (χ4v) is 2.80. The normalized spacial score (nSPS) is 50.0. The van der Waals surface area contributed by atoms with Crippen LogP contribution in [0.5, 0.6) is 0 Å². The summed E-state index contributed by atoms with van der Waals surface area (Å²) in [5.74, 6) is 0. The lowest BCUT2D eigenvalue weighted by molar-refractivity contribution is -0.346. The zero-order chi connectivity index (χ0) is 18.0. The molecule has 2 aliphatic heterocycles. The van der Waals surface area contributed by atoms with Crippen LogP contribution < -0.4 is 0 Å². The molecular formula is C13H24O11. The lowest BCUT2D eigenvalue weighted by Gasteiger charge is -2.46. The molecule has 2 rings (SSSR count). The van der Waals surface area contributed by atoms with Gasteiger partial charge in [-0.05, 0) is 0 Å². The Balaban J connectivity index is 2.16. The molecule has 142 valence electrons. The molecule has 2 saturated heterocycles. The maximum atomic E-state index is 10.2. The van der Waals surface area contributed by atoms with Gasteiger partial charge in [-0.1, -0.05) is 0 Å². The highest BCUT2D eigenvalue weighted by atomic mass is 16.7. The van der Waals surface area contributed by atoms with Crippen molar-refractivity contribution in [1.29, 1.82) is 0 Å². The summed E-state index contributed by atoms with van der Waals surface area (Å²) in [5, 5.41) is 68.1. The van der Waals surface area contributed by atoms with Gasteiger partial charge in [0.2, 0.25) is 0 Å². The number of ether oxygens (including phenoxy) is 4. The van der Waals surface area contributed by atoms with Gasteiger partial charge >= 0.3 is 0 Å². The first-order chi connectivity index (χ1) is 11.3. The molecule has 24 heavy (non-hydrogen) atoms. The Hall–Kier alpha value is -0.440. The second-order valence-electron chi connectivity index (χ2n) is 5.74. The minimum absolute atomic E-state index is 0.571. The van der Waals surface area contributed by atoms with Crippen molar-refractivity contribution in [3.8, 4) is 0 Å². The summed E-state index contributed by atoms with van der Waals surface area (Å²) < 4.78 is 20.5. The Kier molecular flexibility index (Phi) is 6.87. The Bertz CT molecular complexity index is 394. The largest absolute Gasteiger partial charge is 0.394 e. The Morgan fingerprint density at radius 3 is 1.88 bits per heavy atom. The number of aliphatic hydroxyl groups excluding tert-OH is 7. The van der Waals surface area contributed by atoms with Crippen molar-refractivity contribution in [3.63, 3.8) is 0 Å². The van der Waals surface area contributed by atoms with Crippen molar-refractivity contribution in [2.24, 2.45) is 0 Å². The van der Waals surface area contributed by atoms with Crippen molar-refractivity contribution in [2.45, 2.75) is 61.4 Å². The monoisotopic (exact) mass is 356 g/mol. The third-order valence-corrected chi connectivity index (χ3v) is 4.21. The number of aliphatic hydroxyl groups is 7. The third-order valence-electron chi connectivity index (χ3n) is 4.21. The molecule has 0 aromatic carbocycles. The highest BCUT2D eigenvalue weighted by Crippen LogP contribution is 2.29. The van der Waals surface area contributed by atoms with Crippen LogP contribution in [0.15, 0.2) is 0 Å². The lowest BCUT2D eigenvalue weighted by atomic mass is 9.96. The fourth-order valence-electron chi connectivity index (χ4n) is 2.80. The van der Waals surface area contributed by atoms with Crippen LogP contribution in [-0.2, 0) is 18.9 Å². The molecular weight excluding hydrogens is 332 g/mol. The highest BCUT2D eigenvalue weighted by Gasteiger charge is 2.51. The minimum atomic E-state index is -1.73. The van der Waals surface area contributed by atoms with Gasteiger partial charge in [0.15, 0.2) is 12.6 Å². The number of rotatable bonds is 5. The zero-order valence-corrected chi connectivity index (χ0v) is 13.0. The third kappa shape index (κ3) is 3.71. The van der Waals surface area contributed by atoms with E-state index in [1.54, 1.807) is 0 Å². The molecule has 10 atom stereocenters. The van der Waals surface area contributed by atoms with Crippen molar-refractivity contribution in [3.05, 3.63) is 0 Å². The predicted molar refractivity (Wildman–Crippen MR) is 73.4 cm³/mol. The van der Waals surface area contributed by atoms with Crippen molar-refractivity contribution >= 4 is 0 Å². The van der Waals surface area contributed by atoms with Crippen LogP contribution in [0.4, 0.5) is 0 Å². The quantitative estimate of drug-likeness (QED) is 0.251. The van der Waals surface area contributed by atoms with Gasteiger partial charge in [0.05, 0.1) is 13.2 Å². The van der Waals surface area contributed by atoms with Crippen LogP contribution in [-0.4, -0.2) is 117 Å². The van der Waals surface area contributed by atoms with Gasteiger partial charge in [-0.15, -0.1) is 0 Å². The van der Waals surface area contributed by atoms with Gasteiger partial charge in [-0.3, -0.25) is 0 Å². The van der Waals surface area contributed by atoms with E-state index >= 15 is 0 Å². The molecule has 0 radical (unpaired) electrons. The number of hydrogen-bond acceptors (Lipinski definition) is 11. The van der Waals surface area contributed by atoms with E-state index < -0.39 is 74.6 Å². The van der Waals surface area contributed by atoms with Crippen LogP contribution in [0.3, 0.4) is 0 Å². The number of hydrogen-bond donors (Lipinski definition) is 7. The first-order valence-corrected chi connectivity index (χ1v) is 7.46. The second-order valence-corrected chi connectivity index (χ2v) is 5.74. The van der Waals surface area contributed by atoms with E-state index in [2.05, 4.69) is 0 Å². The topological polar surface area (TPSA) is 179 Å².